The lowest BCUT2D eigenvalue weighted by atomic mass is 9.58. The maximum absolute atomic E-state index is 12.4. The van der Waals surface area contributed by atoms with Crippen LogP contribution in [0.1, 0.15) is 101 Å². The zero-order valence-electron chi connectivity index (χ0n) is 23.1. The molecule has 2 fully saturated rings. The summed E-state index contributed by atoms with van der Waals surface area (Å²) in [6.45, 7) is 19.8. The summed E-state index contributed by atoms with van der Waals surface area (Å²) in [5, 5.41) is 20.3. The van der Waals surface area contributed by atoms with Crippen molar-refractivity contribution in [1.29, 1.82) is 0 Å². The van der Waals surface area contributed by atoms with Crippen LogP contribution in [0.5, 0.6) is 0 Å². The Morgan fingerprint density at radius 3 is 1.24 bits per heavy atom. The number of carbonyl (C=O) groups is 2. The number of hydrogen-bond acceptors (Lipinski definition) is 4. The van der Waals surface area contributed by atoms with E-state index in [1.54, 1.807) is 6.92 Å². The molecule has 2 heterocycles. The highest BCUT2D eigenvalue weighted by molar-refractivity contribution is 5.98. The number of hydrogen-bond donors (Lipinski definition) is 2. The minimum Gasteiger partial charge on any atom is -0.480 e. The first kappa shape index (κ1) is 28.1. The number of aliphatic carboxylic acids is 2. The Kier molecular flexibility index (Phi) is 7.51. The van der Waals surface area contributed by atoms with Crippen LogP contribution in [-0.2, 0) is 9.59 Å². The molecule has 0 aromatic carbocycles. The van der Waals surface area contributed by atoms with Crippen molar-refractivity contribution in [1.82, 2.24) is 9.80 Å². The first-order chi connectivity index (χ1) is 14.7. The molecule has 2 N–H and O–H groups in total. The number of rotatable bonds is 7. The molecule has 0 aliphatic carbocycles. The summed E-state index contributed by atoms with van der Waals surface area (Å²) in [5.74, 6) is -1.80. The Morgan fingerprint density at radius 2 is 1.03 bits per heavy atom. The largest absolute Gasteiger partial charge is 0.480 e. The van der Waals surface area contributed by atoms with E-state index in [9.17, 15) is 19.8 Å². The van der Waals surface area contributed by atoms with Crippen molar-refractivity contribution in [2.75, 3.05) is 14.1 Å². The van der Waals surface area contributed by atoms with Crippen LogP contribution in [0.25, 0.3) is 0 Å². The summed E-state index contributed by atoms with van der Waals surface area (Å²) in [6.07, 6.45) is 4.10. The molecule has 0 aromatic heterocycles. The van der Waals surface area contributed by atoms with Gasteiger partial charge in [-0.2, -0.15) is 0 Å². The molecule has 0 radical (unpaired) electrons. The second-order valence-electron chi connectivity index (χ2n) is 13.6. The topological polar surface area (TPSA) is 81.1 Å². The molecule has 2 saturated heterocycles. The van der Waals surface area contributed by atoms with Crippen molar-refractivity contribution >= 4 is 11.9 Å². The number of nitrogens with zero attached hydrogens (tertiary/aromatic N) is 2. The summed E-state index contributed by atoms with van der Waals surface area (Å²) < 4.78 is 0. The summed E-state index contributed by atoms with van der Waals surface area (Å²) in [6, 6.07) is 0. The van der Waals surface area contributed by atoms with Gasteiger partial charge in [-0.25, -0.2) is 0 Å². The molecule has 6 nitrogen and oxygen atoms in total. The molecule has 0 atom stereocenters. The normalized spacial score (nSPS) is 26.4. The smallest absolute Gasteiger partial charge is 0.321 e. The van der Waals surface area contributed by atoms with Gasteiger partial charge < -0.3 is 10.2 Å². The zero-order chi connectivity index (χ0) is 25.8. The van der Waals surface area contributed by atoms with Crippen molar-refractivity contribution in [3.05, 3.63) is 0 Å². The molecule has 2 aliphatic heterocycles. The lowest BCUT2D eigenvalue weighted by Gasteiger charge is -2.59. The van der Waals surface area contributed by atoms with Gasteiger partial charge in [-0.15, -0.1) is 0 Å². The third-order valence-electron chi connectivity index (χ3n) is 9.90. The molecule has 0 aromatic rings. The van der Waals surface area contributed by atoms with Gasteiger partial charge >= 0.3 is 11.9 Å². The zero-order valence-corrected chi connectivity index (χ0v) is 23.1. The number of likely N-dealkylation sites (tertiary alicyclic amines) is 2. The van der Waals surface area contributed by atoms with Gasteiger partial charge in [0.05, 0.1) is 0 Å². The average Bonchev–Trinajstić information content (AvgIpc) is 2.63. The van der Waals surface area contributed by atoms with E-state index in [0.717, 1.165) is 25.7 Å². The van der Waals surface area contributed by atoms with Crippen molar-refractivity contribution in [2.45, 2.75) is 123 Å². The van der Waals surface area contributed by atoms with Crippen LogP contribution in [0.3, 0.4) is 0 Å². The van der Waals surface area contributed by atoms with Gasteiger partial charge in [0.1, 0.15) is 0 Å². The van der Waals surface area contributed by atoms with E-state index in [4.69, 9.17) is 0 Å². The van der Waals surface area contributed by atoms with Crippen LogP contribution >= 0.6 is 0 Å². The monoisotopic (exact) mass is 466 g/mol. The standard InChI is InChI=1S/C27H50N2O4/c1-12-27(21(30)31,22(32)33)17-20(18-13-23(2,3)28(10)24(4,5)14-18)19-15-25(6,7)29(11)26(8,9)16-19/h18-20H,12-17H2,1-11H3,(H,30,31)(H,32,33). The van der Waals surface area contributed by atoms with Gasteiger partial charge in [0.15, 0.2) is 5.41 Å². The van der Waals surface area contributed by atoms with Crippen LogP contribution in [0.2, 0.25) is 0 Å². The maximum Gasteiger partial charge on any atom is 0.321 e. The first-order valence-electron chi connectivity index (χ1n) is 12.7. The minimum atomic E-state index is -1.74. The Labute approximate surface area is 202 Å². The fourth-order valence-electron chi connectivity index (χ4n) is 7.34. The van der Waals surface area contributed by atoms with Crippen LogP contribution in [0.15, 0.2) is 0 Å². The van der Waals surface area contributed by atoms with E-state index < -0.39 is 17.4 Å². The van der Waals surface area contributed by atoms with E-state index in [1.165, 1.54) is 0 Å². The molecule has 0 spiro atoms. The summed E-state index contributed by atoms with van der Waals surface area (Å²) in [7, 11) is 4.36. The van der Waals surface area contributed by atoms with Crippen molar-refractivity contribution in [2.24, 2.45) is 23.2 Å². The molecular weight excluding hydrogens is 416 g/mol. The lowest BCUT2D eigenvalue weighted by Crippen LogP contribution is -2.62. The predicted octanol–water partition coefficient (Wildman–Crippen LogP) is 5.36. The minimum absolute atomic E-state index is 0.0386. The van der Waals surface area contributed by atoms with Crippen LogP contribution in [-0.4, -0.2) is 68.2 Å². The van der Waals surface area contributed by atoms with Crippen LogP contribution in [0, 0.1) is 23.2 Å². The Morgan fingerprint density at radius 1 is 0.758 bits per heavy atom. The van der Waals surface area contributed by atoms with E-state index in [0.29, 0.717) is 0 Å². The van der Waals surface area contributed by atoms with Gasteiger partial charge in [0.2, 0.25) is 0 Å². The Balaban J connectivity index is 2.60. The molecule has 0 saturated carbocycles. The van der Waals surface area contributed by atoms with Gasteiger partial charge in [-0.05, 0) is 126 Å². The third-order valence-corrected chi connectivity index (χ3v) is 9.90. The molecule has 0 unspecified atom stereocenters. The molecule has 2 rings (SSSR count). The molecule has 33 heavy (non-hydrogen) atoms. The SMILES string of the molecule is CCC(CC(C1CC(C)(C)N(C)C(C)(C)C1)C1CC(C)(C)N(C)C(C)(C)C1)(C(=O)O)C(=O)O. The number of carboxylic acids is 2. The van der Waals surface area contributed by atoms with E-state index in [-0.39, 0.29) is 52.8 Å². The highest BCUT2D eigenvalue weighted by Gasteiger charge is 2.55. The van der Waals surface area contributed by atoms with Gasteiger partial charge in [0.25, 0.3) is 0 Å². The average molecular weight is 467 g/mol. The summed E-state index contributed by atoms with van der Waals surface area (Å²) in [4.78, 5) is 29.7. The van der Waals surface area contributed by atoms with Gasteiger partial charge in [-0.3, -0.25) is 19.4 Å². The van der Waals surface area contributed by atoms with Crippen molar-refractivity contribution in [3.8, 4) is 0 Å². The lowest BCUT2D eigenvalue weighted by molar-refractivity contribution is -0.169. The third kappa shape index (κ3) is 5.12. The van der Waals surface area contributed by atoms with E-state index in [1.807, 2.05) is 0 Å². The maximum atomic E-state index is 12.4. The molecule has 2 aliphatic rings. The van der Waals surface area contributed by atoms with Crippen LogP contribution in [0.4, 0.5) is 0 Å². The highest BCUT2D eigenvalue weighted by atomic mass is 16.4. The highest BCUT2D eigenvalue weighted by Crippen LogP contribution is 2.53. The predicted molar refractivity (Wildman–Crippen MR) is 133 cm³/mol. The Bertz CT molecular complexity index is 663. The molecule has 192 valence electrons. The van der Waals surface area contributed by atoms with Crippen LogP contribution < -0.4 is 0 Å². The van der Waals surface area contributed by atoms with E-state index >= 15 is 0 Å². The summed E-state index contributed by atoms with van der Waals surface area (Å²) in [5.41, 5.74) is -1.89. The molecule has 0 amide bonds. The van der Waals surface area contributed by atoms with Gasteiger partial charge in [0, 0.05) is 22.2 Å². The first-order valence-corrected chi connectivity index (χ1v) is 12.7. The second kappa shape index (κ2) is 8.82. The quantitative estimate of drug-likeness (QED) is 0.492. The molecule has 6 heteroatoms. The molecular formula is C27H50N2O4. The Hall–Kier alpha value is -1.14. The summed E-state index contributed by atoms with van der Waals surface area (Å²) >= 11 is 0. The van der Waals surface area contributed by atoms with E-state index in [2.05, 4.69) is 79.3 Å². The molecule has 0 bridgehead atoms. The van der Waals surface area contributed by atoms with Crippen molar-refractivity contribution < 1.29 is 19.8 Å². The fourth-order valence-corrected chi connectivity index (χ4v) is 7.34. The second-order valence-corrected chi connectivity index (χ2v) is 13.6. The number of carboxylic acid groups (broad SMARTS) is 2. The number of piperidine rings is 2. The van der Waals surface area contributed by atoms with Gasteiger partial charge in [-0.1, -0.05) is 6.92 Å². The van der Waals surface area contributed by atoms with Crippen molar-refractivity contribution in [3.63, 3.8) is 0 Å². The fraction of sp³-hybridized carbons (Fsp3) is 0.926.